The molecule has 2 aliphatic rings. The maximum Gasteiger partial charge on any atom is 0.348 e. The number of ether oxygens (including phenoxy) is 2. The number of esters is 2. The Labute approximate surface area is 141 Å². The molecule has 0 aromatic heterocycles. The van der Waals surface area contributed by atoms with Crippen molar-refractivity contribution in [3.05, 3.63) is 58.7 Å². The SMILES string of the molecule is COC(=O)/C(C#CC1=CC=CC1)=C(/C#CC1=CC=CC1)C(=O)OC. The van der Waals surface area contributed by atoms with Crippen molar-refractivity contribution in [1.82, 2.24) is 0 Å². The van der Waals surface area contributed by atoms with Gasteiger partial charge in [0, 0.05) is 11.1 Å². The molecule has 2 rings (SSSR count). The summed E-state index contributed by atoms with van der Waals surface area (Å²) in [6, 6.07) is 0. The molecule has 0 spiro atoms. The summed E-state index contributed by atoms with van der Waals surface area (Å²) in [5, 5.41) is 0. The number of hydrogen-bond acceptors (Lipinski definition) is 4. The maximum absolute atomic E-state index is 12.1. The van der Waals surface area contributed by atoms with Gasteiger partial charge in [-0.2, -0.15) is 0 Å². The summed E-state index contributed by atoms with van der Waals surface area (Å²) in [5.74, 6) is 9.73. The van der Waals surface area contributed by atoms with Crippen LogP contribution in [0.15, 0.2) is 58.7 Å². The molecule has 0 radical (unpaired) electrons. The molecule has 0 aliphatic heterocycles. The Morgan fingerprint density at radius 1 is 0.833 bits per heavy atom. The average molecular weight is 320 g/mol. The predicted octanol–water partition coefficient (Wildman–Crippen LogP) is 2.41. The number of methoxy groups -OCH3 is 2. The summed E-state index contributed by atoms with van der Waals surface area (Å²) in [7, 11) is 2.46. The van der Waals surface area contributed by atoms with Crippen LogP contribution in [0.3, 0.4) is 0 Å². The van der Waals surface area contributed by atoms with E-state index in [1.54, 1.807) is 0 Å². The highest BCUT2D eigenvalue weighted by Crippen LogP contribution is 2.13. The molecule has 0 amide bonds. The van der Waals surface area contributed by atoms with Gasteiger partial charge in [-0.05, 0) is 12.8 Å². The van der Waals surface area contributed by atoms with E-state index in [1.807, 2.05) is 36.5 Å². The zero-order valence-corrected chi connectivity index (χ0v) is 13.5. The van der Waals surface area contributed by atoms with E-state index in [2.05, 4.69) is 23.7 Å². The highest BCUT2D eigenvalue weighted by Gasteiger charge is 2.20. The van der Waals surface area contributed by atoms with E-state index in [1.165, 1.54) is 14.2 Å². The highest BCUT2D eigenvalue weighted by atomic mass is 16.5. The van der Waals surface area contributed by atoms with Crippen molar-refractivity contribution in [2.75, 3.05) is 14.2 Å². The van der Waals surface area contributed by atoms with Crippen molar-refractivity contribution in [2.45, 2.75) is 12.8 Å². The fourth-order valence-corrected chi connectivity index (χ4v) is 2.00. The van der Waals surface area contributed by atoms with Gasteiger partial charge in [0.25, 0.3) is 0 Å². The van der Waals surface area contributed by atoms with Crippen molar-refractivity contribution in [3.63, 3.8) is 0 Å². The van der Waals surface area contributed by atoms with Gasteiger partial charge in [0.1, 0.15) is 11.1 Å². The Kier molecular flexibility index (Phi) is 6.00. The molecule has 0 saturated carbocycles. The third-order valence-corrected chi connectivity index (χ3v) is 3.27. The first-order chi connectivity index (χ1) is 11.7. The van der Waals surface area contributed by atoms with Gasteiger partial charge < -0.3 is 9.47 Å². The lowest BCUT2D eigenvalue weighted by Gasteiger charge is -2.03. The number of carbonyl (C=O) groups excluding carboxylic acids is 2. The number of allylic oxidation sites excluding steroid dienone is 8. The summed E-state index contributed by atoms with van der Waals surface area (Å²) in [6.45, 7) is 0. The molecular formula is C20H16O4. The van der Waals surface area contributed by atoms with Crippen molar-refractivity contribution >= 4 is 11.9 Å². The molecule has 4 nitrogen and oxygen atoms in total. The fourth-order valence-electron chi connectivity index (χ4n) is 2.00. The van der Waals surface area contributed by atoms with Crippen molar-refractivity contribution < 1.29 is 19.1 Å². The van der Waals surface area contributed by atoms with Crippen LogP contribution in [0.1, 0.15) is 12.8 Å². The maximum atomic E-state index is 12.1. The van der Waals surface area contributed by atoms with Crippen LogP contribution in [0.25, 0.3) is 0 Å². The minimum Gasteiger partial charge on any atom is -0.465 e. The first-order valence-corrected chi connectivity index (χ1v) is 7.32. The van der Waals surface area contributed by atoms with E-state index in [0.29, 0.717) is 12.8 Å². The second kappa shape index (κ2) is 8.41. The molecule has 0 heterocycles. The number of rotatable bonds is 2. The smallest absolute Gasteiger partial charge is 0.348 e. The van der Waals surface area contributed by atoms with Gasteiger partial charge in [-0.3, -0.25) is 0 Å². The summed E-state index contributed by atoms with van der Waals surface area (Å²) in [5.41, 5.74) is 1.49. The van der Waals surface area contributed by atoms with Crippen LogP contribution in [-0.2, 0) is 19.1 Å². The molecule has 0 atom stereocenters. The molecule has 4 heteroatoms. The van der Waals surface area contributed by atoms with Gasteiger partial charge >= 0.3 is 11.9 Å². The fraction of sp³-hybridized carbons (Fsp3) is 0.200. The lowest BCUT2D eigenvalue weighted by Crippen LogP contribution is -2.13. The Bertz CT molecular complexity index is 754. The normalized spacial score (nSPS) is 15.2. The molecule has 0 N–H and O–H groups in total. The van der Waals surface area contributed by atoms with Crippen LogP contribution in [-0.4, -0.2) is 26.2 Å². The van der Waals surface area contributed by atoms with Crippen molar-refractivity contribution in [3.8, 4) is 23.7 Å². The Balaban J connectivity index is 2.46. The van der Waals surface area contributed by atoms with Crippen LogP contribution in [0.5, 0.6) is 0 Å². The number of hydrogen-bond donors (Lipinski definition) is 0. The topological polar surface area (TPSA) is 52.6 Å². The Morgan fingerprint density at radius 2 is 1.25 bits per heavy atom. The lowest BCUT2D eigenvalue weighted by atomic mass is 10.1. The van der Waals surface area contributed by atoms with Crippen molar-refractivity contribution in [1.29, 1.82) is 0 Å². The van der Waals surface area contributed by atoms with Gasteiger partial charge in [-0.1, -0.05) is 60.1 Å². The van der Waals surface area contributed by atoms with Crippen molar-refractivity contribution in [2.24, 2.45) is 0 Å². The van der Waals surface area contributed by atoms with Crippen LogP contribution >= 0.6 is 0 Å². The zero-order chi connectivity index (χ0) is 17.4. The summed E-state index contributed by atoms with van der Waals surface area (Å²) in [6.07, 6.45) is 12.7. The summed E-state index contributed by atoms with van der Waals surface area (Å²) >= 11 is 0. The second-order valence-electron chi connectivity index (χ2n) is 4.88. The van der Waals surface area contributed by atoms with E-state index in [9.17, 15) is 9.59 Å². The van der Waals surface area contributed by atoms with Crippen LogP contribution < -0.4 is 0 Å². The molecule has 0 unspecified atom stereocenters. The van der Waals surface area contributed by atoms with Crippen LogP contribution in [0.2, 0.25) is 0 Å². The largest absolute Gasteiger partial charge is 0.465 e. The number of carbonyl (C=O) groups is 2. The van der Waals surface area contributed by atoms with E-state index in [0.717, 1.165) is 11.1 Å². The molecule has 120 valence electrons. The van der Waals surface area contributed by atoms with E-state index >= 15 is 0 Å². The van der Waals surface area contributed by atoms with Crippen LogP contribution in [0, 0.1) is 23.7 Å². The molecule has 0 fully saturated rings. The predicted molar refractivity (Wildman–Crippen MR) is 90.3 cm³/mol. The first-order valence-electron chi connectivity index (χ1n) is 7.32. The van der Waals surface area contributed by atoms with Crippen LogP contribution in [0.4, 0.5) is 0 Å². The molecule has 2 aliphatic carbocycles. The molecule has 0 saturated heterocycles. The zero-order valence-electron chi connectivity index (χ0n) is 13.5. The quantitative estimate of drug-likeness (QED) is 0.445. The van der Waals surface area contributed by atoms with Gasteiger partial charge in [0.2, 0.25) is 0 Å². The molecular weight excluding hydrogens is 304 g/mol. The average Bonchev–Trinajstić information content (AvgIpc) is 3.30. The van der Waals surface area contributed by atoms with E-state index in [-0.39, 0.29) is 11.1 Å². The Hall–Kier alpha value is -3.24. The standard InChI is InChI=1S/C20H16O4/c1-23-19(21)17(13-11-15-7-3-4-8-15)18(20(22)24-2)14-12-16-9-5-6-10-16/h3-7,9H,8,10H2,1-2H3/b18-17-. The third kappa shape index (κ3) is 4.38. The molecule has 0 aromatic rings. The minimum atomic E-state index is -0.720. The van der Waals surface area contributed by atoms with E-state index in [4.69, 9.17) is 9.47 Å². The second-order valence-corrected chi connectivity index (χ2v) is 4.88. The Morgan fingerprint density at radius 3 is 1.54 bits per heavy atom. The van der Waals surface area contributed by atoms with E-state index < -0.39 is 11.9 Å². The highest BCUT2D eigenvalue weighted by molar-refractivity contribution is 6.06. The summed E-state index contributed by atoms with van der Waals surface area (Å²) in [4.78, 5) is 24.1. The van der Waals surface area contributed by atoms with Gasteiger partial charge in [0.15, 0.2) is 0 Å². The molecule has 0 aromatic carbocycles. The molecule has 0 bridgehead atoms. The van der Waals surface area contributed by atoms with Gasteiger partial charge in [-0.15, -0.1) is 0 Å². The van der Waals surface area contributed by atoms with Gasteiger partial charge in [0.05, 0.1) is 14.2 Å². The minimum absolute atomic E-state index is 0.101. The molecule has 24 heavy (non-hydrogen) atoms. The monoisotopic (exact) mass is 320 g/mol. The van der Waals surface area contributed by atoms with Gasteiger partial charge in [-0.25, -0.2) is 9.59 Å². The summed E-state index contributed by atoms with van der Waals surface area (Å²) < 4.78 is 9.48. The lowest BCUT2D eigenvalue weighted by molar-refractivity contribution is -0.138. The first kappa shape index (κ1) is 17.1. The third-order valence-electron chi connectivity index (χ3n) is 3.27.